The molecule has 132 valence electrons. The molecule has 0 bridgehead atoms. The van der Waals surface area contributed by atoms with Gasteiger partial charge in [-0.05, 0) is 51.0 Å². The lowest BCUT2D eigenvalue weighted by Gasteiger charge is -2.25. The number of carbonyl (C=O) groups is 1. The van der Waals surface area contributed by atoms with Gasteiger partial charge in [-0.1, -0.05) is 57.3 Å². The number of halogens is 2. The summed E-state index contributed by atoms with van der Waals surface area (Å²) in [5.41, 5.74) is 1.20. The molecule has 1 aromatic heterocycles. The van der Waals surface area contributed by atoms with Gasteiger partial charge in [0.1, 0.15) is 5.60 Å². The minimum atomic E-state index is -0.492. The predicted molar refractivity (Wildman–Crippen MR) is 110 cm³/mol. The first-order valence-electron chi connectivity index (χ1n) is 8.45. The average Bonchev–Trinajstić information content (AvgIpc) is 2.84. The van der Waals surface area contributed by atoms with Crippen LogP contribution in [-0.4, -0.2) is 16.3 Å². The number of rotatable bonds is 4. The van der Waals surface area contributed by atoms with E-state index in [4.69, 9.17) is 4.74 Å². The Morgan fingerprint density at radius 3 is 2.04 bits per heavy atom. The van der Waals surface area contributed by atoms with E-state index in [-0.39, 0.29) is 6.09 Å². The number of benzene rings is 2. The number of hydrogen-bond acceptors (Lipinski definition) is 2. The van der Waals surface area contributed by atoms with E-state index in [1.165, 1.54) is 0 Å². The highest BCUT2D eigenvalue weighted by atomic mass is 79.9. The maximum Gasteiger partial charge on any atom is 0.419 e. The van der Waals surface area contributed by atoms with Crippen LogP contribution in [0.1, 0.15) is 40.0 Å². The lowest BCUT2D eigenvalue weighted by molar-refractivity contribution is 0.0333. The third-order valence-corrected chi connectivity index (χ3v) is 5.36. The SMILES string of the molecule is CCCCC(C)(C)OC(=O)n1c2cc(Br)ccc2c2ccc(Br)cc21. The van der Waals surface area contributed by atoms with Gasteiger partial charge in [0, 0.05) is 19.7 Å². The molecule has 1 heterocycles. The van der Waals surface area contributed by atoms with Crippen molar-refractivity contribution in [3.05, 3.63) is 45.3 Å². The van der Waals surface area contributed by atoms with Crippen molar-refractivity contribution >= 4 is 59.8 Å². The van der Waals surface area contributed by atoms with Crippen LogP contribution in [0.25, 0.3) is 21.8 Å². The monoisotopic (exact) mass is 465 g/mol. The van der Waals surface area contributed by atoms with Crippen molar-refractivity contribution in [3.63, 3.8) is 0 Å². The minimum Gasteiger partial charge on any atom is -0.443 e. The zero-order chi connectivity index (χ0) is 18.2. The summed E-state index contributed by atoms with van der Waals surface area (Å²) in [7, 11) is 0. The second-order valence-corrected chi connectivity index (χ2v) is 8.72. The summed E-state index contributed by atoms with van der Waals surface area (Å²) >= 11 is 7.02. The molecule has 3 nitrogen and oxygen atoms in total. The van der Waals surface area contributed by atoms with Crippen molar-refractivity contribution in [3.8, 4) is 0 Å². The first-order valence-corrected chi connectivity index (χ1v) is 10.0. The van der Waals surface area contributed by atoms with Crippen LogP contribution in [0, 0.1) is 0 Å². The van der Waals surface area contributed by atoms with E-state index in [2.05, 4.69) is 38.8 Å². The Labute approximate surface area is 164 Å². The summed E-state index contributed by atoms with van der Waals surface area (Å²) in [4.78, 5) is 13.0. The number of carbonyl (C=O) groups excluding carboxylic acids is 1. The van der Waals surface area contributed by atoms with E-state index in [1.54, 1.807) is 4.57 Å². The molecule has 0 aliphatic heterocycles. The largest absolute Gasteiger partial charge is 0.443 e. The number of ether oxygens (including phenoxy) is 1. The highest BCUT2D eigenvalue weighted by Gasteiger charge is 2.25. The lowest BCUT2D eigenvalue weighted by Crippen LogP contribution is -2.30. The van der Waals surface area contributed by atoms with Gasteiger partial charge in [-0.15, -0.1) is 0 Å². The smallest absolute Gasteiger partial charge is 0.419 e. The van der Waals surface area contributed by atoms with Gasteiger partial charge in [0.15, 0.2) is 0 Å². The molecule has 0 spiro atoms. The zero-order valence-corrected chi connectivity index (χ0v) is 17.8. The highest BCUT2D eigenvalue weighted by molar-refractivity contribution is 9.10. The molecule has 0 aliphatic rings. The number of nitrogens with zero attached hydrogens (tertiary/aromatic N) is 1. The van der Waals surface area contributed by atoms with Crippen LogP contribution >= 0.6 is 31.9 Å². The molecule has 0 N–H and O–H groups in total. The molecule has 0 fully saturated rings. The van der Waals surface area contributed by atoms with Gasteiger partial charge in [0.25, 0.3) is 0 Å². The fourth-order valence-corrected chi connectivity index (χ4v) is 3.80. The Morgan fingerprint density at radius 1 is 1.04 bits per heavy atom. The van der Waals surface area contributed by atoms with Crippen LogP contribution in [-0.2, 0) is 4.74 Å². The van der Waals surface area contributed by atoms with Gasteiger partial charge < -0.3 is 4.74 Å². The molecule has 25 heavy (non-hydrogen) atoms. The summed E-state index contributed by atoms with van der Waals surface area (Å²) in [6.45, 7) is 6.08. The van der Waals surface area contributed by atoms with Crippen molar-refractivity contribution in [2.75, 3.05) is 0 Å². The Hall–Kier alpha value is -1.33. The van der Waals surface area contributed by atoms with Gasteiger partial charge in [-0.2, -0.15) is 0 Å². The second-order valence-electron chi connectivity index (χ2n) is 6.89. The van der Waals surface area contributed by atoms with Gasteiger partial charge in [-0.25, -0.2) is 9.36 Å². The molecule has 0 saturated carbocycles. The fourth-order valence-electron chi connectivity index (χ4n) is 3.10. The minimum absolute atomic E-state index is 0.336. The topological polar surface area (TPSA) is 31.2 Å². The van der Waals surface area contributed by atoms with Crippen molar-refractivity contribution in [1.29, 1.82) is 0 Å². The van der Waals surface area contributed by atoms with Crippen molar-refractivity contribution in [1.82, 2.24) is 4.57 Å². The normalized spacial score (nSPS) is 12.0. The molecule has 0 saturated heterocycles. The van der Waals surface area contributed by atoms with E-state index >= 15 is 0 Å². The standard InChI is InChI=1S/C20H21Br2NO2/c1-4-5-10-20(2,3)25-19(24)23-17-11-13(21)6-8-15(17)16-9-7-14(22)12-18(16)23/h6-9,11-12H,4-5,10H2,1-3H3. The molecule has 2 aromatic carbocycles. The Balaban J connectivity index is 2.14. The predicted octanol–water partition coefficient (Wildman–Crippen LogP) is 7.27. The van der Waals surface area contributed by atoms with E-state index in [1.807, 2.05) is 50.2 Å². The molecule has 0 atom stereocenters. The first-order chi connectivity index (χ1) is 11.8. The molecular formula is C20H21Br2NO2. The summed E-state index contributed by atoms with van der Waals surface area (Å²) in [6.07, 6.45) is 2.62. The van der Waals surface area contributed by atoms with Crippen molar-refractivity contribution in [2.24, 2.45) is 0 Å². The third kappa shape index (κ3) is 3.77. The number of aromatic nitrogens is 1. The van der Waals surface area contributed by atoms with Crippen molar-refractivity contribution in [2.45, 2.75) is 45.6 Å². The number of hydrogen-bond donors (Lipinski definition) is 0. The molecular weight excluding hydrogens is 446 g/mol. The molecule has 0 radical (unpaired) electrons. The molecule has 5 heteroatoms. The quantitative estimate of drug-likeness (QED) is 0.404. The summed E-state index contributed by atoms with van der Waals surface area (Å²) in [5, 5.41) is 2.07. The summed E-state index contributed by atoms with van der Waals surface area (Å²) in [5.74, 6) is 0. The third-order valence-electron chi connectivity index (χ3n) is 4.37. The van der Waals surface area contributed by atoms with Gasteiger partial charge in [0.05, 0.1) is 11.0 Å². The van der Waals surface area contributed by atoms with Gasteiger partial charge >= 0.3 is 6.09 Å². The van der Waals surface area contributed by atoms with Crippen LogP contribution in [0.5, 0.6) is 0 Å². The van der Waals surface area contributed by atoms with E-state index < -0.39 is 5.60 Å². The van der Waals surface area contributed by atoms with Crippen molar-refractivity contribution < 1.29 is 9.53 Å². The summed E-state index contributed by atoms with van der Waals surface area (Å²) < 4.78 is 9.41. The van der Waals surface area contributed by atoms with E-state index in [0.717, 1.165) is 50.0 Å². The maximum atomic E-state index is 13.0. The molecule has 0 amide bonds. The Morgan fingerprint density at radius 2 is 1.56 bits per heavy atom. The van der Waals surface area contributed by atoms with Crippen LogP contribution in [0.3, 0.4) is 0 Å². The second kappa shape index (κ2) is 7.12. The Bertz CT molecular complexity index is 884. The zero-order valence-electron chi connectivity index (χ0n) is 14.6. The van der Waals surface area contributed by atoms with E-state index in [0.29, 0.717) is 0 Å². The van der Waals surface area contributed by atoms with Gasteiger partial charge in [0.2, 0.25) is 0 Å². The van der Waals surface area contributed by atoms with E-state index in [9.17, 15) is 4.79 Å². The number of unbranched alkanes of at least 4 members (excludes halogenated alkanes) is 1. The number of fused-ring (bicyclic) bond motifs is 3. The molecule has 0 unspecified atom stereocenters. The van der Waals surface area contributed by atoms with Crippen LogP contribution in [0.15, 0.2) is 45.3 Å². The lowest BCUT2D eigenvalue weighted by atomic mass is 10.0. The Kier molecular flexibility index (Phi) is 5.26. The van der Waals surface area contributed by atoms with Crippen LogP contribution < -0.4 is 0 Å². The van der Waals surface area contributed by atoms with Crippen LogP contribution in [0.2, 0.25) is 0 Å². The molecule has 3 rings (SSSR count). The molecule has 3 aromatic rings. The maximum absolute atomic E-state index is 13.0. The highest BCUT2D eigenvalue weighted by Crippen LogP contribution is 2.33. The fraction of sp³-hybridized carbons (Fsp3) is 0.350. The summed E-state index contributed by atoms with van der Waals surface area (Å²) in [6, 6.07) is 12.0. The first kappa shape index (κ1) is 18.5. The molecule has 0 aliphatic carbocycles. The average molecular weight is 467 g/mol. The van der Waals surface area contributed by atoms with Gasteiger partial charge in [-0.3, -0.25) is 0 Å². The van der Waals surface area contributed by atoms with Crippen LogP contribution in [0.4, 0.5) is 4.79 Å².